The second-order valence-electron chi connectivity index (χ2n) is 6.45. The van der Waals surface area contributed by atoms with Gasteiger partial charge in [0.2, 0.25) is 5.95 Å². The molecule has 8 heteroatoms. The lowest BCUT2D eigenvalue weighted by atomic mass is 10.3. The largest absolute Gasteiger partial charge is 0.341 e. The van der Waals surface area contributed by atoms with Crippen LogP contribution >= 0.6 is 27.3 Å². The zero-order valence-electron chi connectivity index (χ0n) is 14.5. The van der Waals surface area contributed by atoms with Crippen LogP contribution in [-0.2, 0) is 0 Å². The molecule has 0 unspecified atom stereocenters. The first-order chi connectivity index (χ1) is 13.3. The van der Waals surface area contributed by atoms with Crippen LogP contribution in [0, 0.1) is 0 Å². The molecule has 0 radical (unpaired) electrons. The third-order valence-electron chi connectivity index (χ3n) is 4.63. The third kappa shape index (κ3) is 3.19. The lowest BCUT2D eigenvalue weighted by Crippen LogP contribution is -2.20. The highest BCUT2D eigenvalue weighted by Gasteiger charge is 2.19. The Morgan fingerprint density at radius 1 is 1.07 bits per heavy atom. The van der Waals surface area contributed by atoms with Crippen molar-refractivity contribution >= 4 is 55.1 Å². The van der Waals surface area contributed by atoms with E-state index in [4.69, 9.17) is 9.97 Å². The van der Waals surface area contributed by atoms with E-state index in [0.29, 0.717) is 0 Å². The van der Waals surface area contributed by atoms with Crippen LogP contribution in [0.3, 0.4) is 0 Å². The van der Waals surface area contributed by atoms with Gasteiger partial charge in [-0.1, -0.05) is 18.2 Å². The summed E-state index contributed by atoms with van der Waals surface area (Å²) in [7, 11) is 0. The number of anilines is 3. The Kier molecular flexibility index (Phi) is 4.29. The third-order valence-corrected chi connectivity index (χ3v) is 6.52. The molecule has 0 bridgehead atoms. The lowest BCUT2D eigenvalue weighted by Gasteiger charge is -2.16. The summed E-state index contributed by atoms with van der Waals surface area (Å²) in [6.07, 6.45) is 6.16. The van der Waals surface area contributed by atoms with E-state index in [1.807, 2.05) is 35.3 Å². The van der Waals surface area contributed by atoms with E-state index in [1.54, 1.807) is 11.3 Å². The number of benzene rings is 1. The molecule has 1 aromatic carbocycles. The molecule has 1 fully saturated rings. The van der Waals surface area contributed by atoms with Crippen LogP contribution in [0.4, 0.5) is 17.6 Å². The van der Waals surface area contributed by atoms with Crippen molar-refractivity contribution in [3.63, 3.8) is 0 Å². The van der Waals surface area contributed by atoms with Crippen molar-refractivity contribution in [1.82, 2.24) is 19.5 Å². The van der Waals surface area contributed by atoms with E-state index >= 15 is 0 Å². The Labute approximate surface area is 169 Å². The van der Waals surface area contributed by atoms with Gasteiger partial charge in [0.15, 0.2) is 5.82 Å². The molecule has 0 atom stereocenters. The summed E-state index contributed by atoms with van der Waals surface area (Å²) in [6.45, 7) is 2.02. The van der Waals surface area contributed by atoms with Gasteiger partial charge >= 0.3 is 0 Å². The normalized spacial score (nSPS) is 14.2. The number of halogens is 1. The highest BCUT2D eigenvalue weighted by Crippen LogP contribution is 2.36. The van der Waals surface area contributed by atoms with Gasteiger partial charge in [0.05, 0.1) is 15.4 Å². The predicted octanol–water partition coefficient (Wildman–Crippen LogP) is 4.98. The van der Waals surface area contributed by atoms with Crippen molar-refractivity contribution in [3.8, 4) is 5.69 Å². The average Bonchev–Trinajstić information content (AvgIpc) is 3.44. The van der Waals surface area contributed by atoms with Gasteiger partial charge in [-0.3, -0.25) is 0 Å². The molecule has 6 nitrogen and oxygen atoms in total. The fourth-order valence-corrected chi connectivity index (χ4v) is 4.78. The Balaban J connectivity index is 1.52. The number of fused-ring (bicyclic) bond motifs is 1. The summed E-state index contributed by atoms with van der Waals surface area (Å²) in [6, 6.07) is 10.1. The van der Waals surface area contributed by atoms with E-state index in [-0.39, 0.29) is 0 Å². The van der Waals surface area contributed by atoms with Crippen LogP contribution in [0.15, 0.2) is 52.7 Å². The minimum absolute atomic E-state index is 0.760. The summed E-state index contributed by atoms with van der Waals surface area (Å²) < 4.78 is 4.02. The fraction of sp³-hybridized carbons (Fsp3) is 0.211. The Hall–Kier alpha value is -2.45. The molecule has 1 saturated heterocycles. The average molecular weight is 441 g/mol. The lowest BCUT2D eigenvalue weighted by molar-refractivity contribution is 0.909. The molecule has 136 valence electrons. The zero-order valence-corrected chi connectivity index (χ0v) is 16.9. The molecule has 0 aliphatic carbocycles. The number of thiophene rings is 1. The summed E-state index contributed by atoms with van der Waals surface area (Å²) >= 11 is 5.24. The van der Waals surface area contributed by atoms with Crippen molar-refractivity contribution in [1.29, 1.82) is 0 Å². The van der Waals surface area contributed by atoms with Gasteiger partial charge in [-0.05, 0) is 40.9 Å². The molecule has 1 N–H and O–H groups in total. The second-order valence-corrected chi connectivity index (χ2v) is 8.19. The summed E-state index contributed by atoms with van der Waals surface area (Å²) in [4.78, 5) is 16.3. The molecular weight excluding hydrogens is 424 g/mol. The monoisotopic (exact) mass is 440 g/mol. The molecule has 0 saturated carbocycles. The number of nitrogens with one attached hydrogen (secondary N) is 1. The smallest absolute Gasteiger partial charge is 0.227 e. The topological polar surface area (TPSA) is 58.9 Å². The Morgan fingerprint density at radius 3 is 2.70 bits per heavy atom. The van der Waals surface area contributed by atoms with Crippen LogP contribution in [0.2, 0.25) is 0 Å². The summed E-state index contributed by atoms with van der Waals surface area (Å²) in [5, 5.41) is 5.45. The molecule has 5 rings (SSSR count). The van der Waals surface area contributed by atoms with E-state index in [2.05, 4.69) is 48.6 Å². The molecule has 4 aromatic rings. The fourth-order valence-electron chi connectivity index (χ4n) is 3.27. The Morgan fingerprint density at radius 2 is 1.89 bits per heavy atom. The van der Waals surface area contributed by atoms with Crippen LogP contribution in [0.25, 0.3) is 15.9 Å². The highest BCUT2D eigenvalue weighted by molar-refractivity contribution is 9.10. The molecule has 0 spiro atoms. The summed E-state index contributed by atoms with van der Waals surface area (Å²) in [5.41, 5.74) is 2.02. The number of hydrogen-bond donors (Lipinski definition) is 1. The van der Waals surface area contributed by atoms with Gasteiger partial charge in [0, 0.05) is 24.2 Å². The van der Waals surface area contributed by atoms with E-state index in [1.165, 1.54) is 12.8 Å². The molecule has 0 amide bonds. The highest BCUT2D eigenvalue weighted by atomic mass is 79.9. The van der Waals surface area contributed by atoms with Gasteiger partial charge in [0.1, 0.15) is 17.7 Å². The van der Waals surface area contributed by atoms with Gasteiger partial charge in [-0.25, -0.2) is 9.97 Å². The molecule has 4 heterocycles. The van der Waals surface area contributed by atoms with Crippen LogP contribution < -0.4 is 10.2 Å². The first-order valence-electron chi connectivity index (χ1n) is 8.84. The van der Waals surface area contributed by atoms with Crippen molar-refractivity contribution in [2.24, 2.45) is 0 Å². The molecule has 1 aliphatic rings. The number of hydrogen-bond acceptors (Lipinski definition) is 6. The predicted molar refractivity (Wildman–Crippen MR) is 113 cm³/mol. The van der Waals surface area contributed by atoms with Crippen molar-refractivity contribution in [2.75, 3.05) is 23.3 Å². The standard InChI is InChI=1S/C19H17BrN6S/c20-14-11-27-17-16(14)23-19(25-8-4-5-9-25)24-18(17)22-15-10-26(12-21-15)13-6-2-1-3-7-13/h1-3,6-7,10-12H,4-5,8-9H2,(H,22,23,24). The van der Waals surface area contributed by atoms with Gasteiger partial charge < -0.3 is 14.8 Å². The van der Waals surface area contributed by atoms with Crippen molar-refractivity contribution < 1.29 is 0 Å². The molecular formula is C19H17BrN6S. The minimum Gasteiger partial charge on any atom is -0.341 e. The van der Waals surface area contributed by atoms with Crippen molar-refractivity contribution in [2.45, 2.75) is 12.8 Å². The minimum atomic E-state index is 0.760. The molecule has 1 aliphatic heterocycles. The molecule has 27 heavy (non-hydrogen) atoms. The quantitative estimate of drug-likeness (QED) is 0.484. The SMILES string of the molecule is Brc1csc2c(Nc3cn(-c4ccccc4)cn3)nc(N3CCCC3)nc12. The number of aromatic nitrogens is 4. The summed E-state index contributed by atoms with van der Waals surface area (Å²) in [5.74, 6) is 2.34. The first-order valence-corrected chi connectivity index (χ1v) is 10.5. The molecule has 3 aromatic heterocycles. The van der Waals surface area contributed by atoms with Crippen molar-refractivity contribution in [3.05, 3.63) is 52.7 Å². The second kappa shape index (κ2) is 6.94. The van der Waals surface area contributed by atoms with E-state index in [0.717, 1.165) is 51.1 Å². The zero-order chi connectivity index (χ0) is 18.2. The number of nitrogens with zero attached hydrogens (tertiary/aromatic N) is 5. The van der Waals surface area contributed by atoms with Crippen LogP contribution in [0.1, 0.15) is 12.8 Å². The van der Waals surface area contributed by atoms with Crippen LogP contribution in [-0.4, -0.2) is 32.6 Å². The maximum Gasteiger partial charge on any atom is 0.227 e. The maximum absolute atomic E-state index is 4.82. The van der Waals surface area contributed by atoms with E-state index in [9.17, 15) is 0 Å². The van der Waals surface area contributed by atoms with Gasteiger partial charge in [-0.15, -0.1) is 11.3 Å². The van der Waals surface area contributed by atoms with Gasteiger partial charge in [-0.2, -0.15) is 4.98 Å². The number of imidazole rings is 1. The van der Waals surface area contributed by atoms with E-state index < -0.39 is 0 Å². The van der Waals surface area contributed by atoms with Crippen LogP contribution in [0.5, 0.6) is 0 Å². The number of para-hydroxylation sites is 1. The van der Waals surface area contributed by atoms with Gasteiger partial charge in [0.25, 0.3) is 0 Å². The first kappa shape index (κ1) is 16.7. The Bertz CT molecular complexity index is 1080. The maximum atomic E-state index is 4.82. The number of rotatable bonds is 4.